The summed E-state index contributed by atoms with van der Waals surface area (Å²) in [6.07, 6.45) is 7.27. The molecule has 1 aromatic rings. The molecule has 0 aliphatic carbocycles. The fraction of sp³-hybridized carbons (Fsp3) is 0.385. The van der Waals surface area contributed by atoms with Crippen LogP contribution in [0.5, 0.6) is 0 Å². The van der Waals surface area contributed by atoms with E-state index in [1.807, 2.05) is 0 Å². The molecular formula is C13H15BrN2O2. The topological polar surface area (TPSA) is 55.2 Å². The molecule has 1 rings (SSSR count). The van der Waals surface area contributed by atoms with Crippen molar-refractivity contribution < 1.29 is 4.92 Å². The lowest BCUT2D eigenvalue weighted by molar-refractivity contribution is -0.385. The van der Waals surface area contributed by atoms with Crippen LogP contribution in [0.15, 0.2) is 16.6 Å². The number of nitro groups is 1. The van der Waals surface area contributed by atoms with Crippen molar-refractivity contribution in [3.05, 3.63) is 32.3 Å². The highest BCUT2D eigenvalue weighted by Gasteiger charge is 2.15. The van der Waals surface area contributed by atoms with Gasteiger partial charge in [0.15, 0.2) is 0 Å². The fourth-order valence-electron chi connectivity index (χ4n) is 1.65. The molecule has 1 aromatic carbocycles. The van der Waals surface area contributed by atoms with E-state index in [0.717, 1.165) is 18.5 Å². The second-order valence-corrected chi connectivity index (χ2v) is 4.88. The van der Waals surface area contributed by atoms with Crippen molar-refractivity contribution in [2.45, 2.75) is 32.7 Å². The van der Waals surface area contributed by atoms with Crippen molar-refractivity contribution >= 4 is 27.3 Å². The Kier molecular flexibility index (Phi) is 5.17. The predicted molar refractivity (Wildman–Crippen MR) is 76.7 cm³/mol. The number of hydrogen-bond donors (Lipinski definition) is 1. The van der Waals surface area contributed by atoms with Crippen LogP contribution in [0.25, 0.3) is 0 Å². The Morgan fingerprint density at radius 2 is 2.28 bits per heavy atom. The van der Waals surface area contributed by atoms with Crippen LogP contribution >= 0.6 is 15.9 Å². The third kappa shape index (κ3) is 3.47. The molecule has 18 heavy (non-hydrogen) atoms. The van der Waals surface area contributed by atoms with Gasteiger partial charge >= 0.3 is 0 Å². The van der Waals surface area contributed by atoms with Crippen molar-refractivity contribution in [3.8, 4) is 12.3 Å². The van der Waals surface area contributed by atoms with Crippen molar-refractivity contribution in [1.82, 2.24) is 0 Å². The van der Waals surface area contributed by atoms with Gasteiger partial charge in [0.05, 0.1) is 16.7 Å². The highest BCUT2D eigenvalue weighted by atomic mass is 79.9. The second-order valence-electron chi connectivity index (χ2n) is 4.03. The molecule has 0 fully saturated rings. The normalized spacial score (nSPS) is 11.7. The number of nitrogens with zero attached hydrogens (tertiary/aromatic N) is 1. The molecule has 5 heteroatoms. The van der Waals surface area contributed by atoms with Gasteiger partial charge in [-0.1, -0.05) is 19.3 Å². The first kappa shape index (κ1) is 14.5. The number of halogens is 1. The van der Waals surface area contributed by atoms with Gasteiger partial charge in [0, 0.05) is 16.1 Å². The van der Waals surface area contributed by atoms with E-state index >= 15 is 0 Å². The number of nitro benzene ring substituents is 1. The summed E-state index contributed by atoms with van der Waals surface area (Å²) in [7, 11) is 0. The highest BCUT2D eigenvalue weighted by Crippen LogP contribution is 2.31. The number of anilines is 1. The fourth-order valence-corrected chi connectivity index (χ4v) is 2.10. The monoisotopic (exact) mass is 310 g/mol. The molecule has 0 aliphatic heterocycles. The maximum absolute atomic E-state index is 10.8. The van der Waals surface area contributed by atoms with E-state index in [9.17, 15) is 10.1 Å². The average Bonchev–Trinajstić information content (AvgIpc) is 2.32. The number of hydrogen-bond acceptors (Lipinski definition) is 3. The van der Waals surface area contributed by atoms with Gasteiger partial charge < -0.3 is 5.32 Å². The van der Waals surface area contributed by atoms with Crippen LogP contribution in [0.3, 0.4) is 0 Å². The third-order valence-electron chi connectivity index (χ3n) is 2.59. The molecule has 0 aromatic heterocycles. The largest absolute Gasteiger partial charge is 0.371 e. The lowest BCUT2D eigenvalue weighted by Gasteiger charge is -2.15. The molecule has 1 unspecified atom stereocenters. The molecule has 4 nitrogen and oxygen atoms in total. The SMILES string of the molecule is C#CC(CCC)Nc1cc(C)c([N+](=O)[O-])cc1Br. The van der Waals surface area contributed by atoms with Crippen molar-refractivity contribution in [2.24, 2.45) is 0 Å². The zero-order valence-electron chi connectivity index (χ0n) is 10.4. The van der Waals surface area contributed by atoms with Gasteiger partial charge in [-0.05, 0) is 35.3 Å². The van der Waals surface area contributed by atoms with Crippen LogP contribution in [0.4, 0.5) is 11.4 Å². The van der Waals surface area contributed by atoms with Gasteiger partial charge in [0.2, 0.25) is 0 Å². The molecule has 0 radical (unpaired) electrons. The lowest BCUT2D eigenvalue weighted by atomic mass is 10.1. The van der Waals surface area contributed by atoms with E-state index in [0.29, 0.717) is 10.0 Å². The molecule has 0 heterocycles. The van der Waals surface area contributed by atoms with Gasteiger partial charge in [-0.3, -0.25) is 10.1 Å². The summed E-state index contributed by atoms with van der Waals surface area (Å²) in [5.41, 5.74) is 1.49. The molecule has 0 aliphatic rings. The quantitative estimate of drug-likeness (QED) is 0.510. The summed E-state index contributed by atoms with van der Waals surface area (Å²) in [4.78, 5) is 10.4. The summed E-state index contributed by atoms with van der Waals surface area (Å²) in [6, 6.07) is 3.17. The Morgan fingerprint density at radius 1 is 1.61 bits per heavy atom. The number of aryl methyl sites for hydroxylation is 1. The Labute approximate surface area is 115 Å². The number of nitrogens with one attached hydrogen (secondary N) is 1. The molecule has 0 saturated heterocycles. The average molecular weight is 311 g/mol. The van der Waals surface area contributed by atoms with Gasteiger partial charge in [-0.25, -0.2) is 0 Å². The Morgan fingerprint density at radius 3 is 2.78 bits per heavy atom. The van der Waals surface area contributed by atoms with E-state index < -0.39 is 4.92 Å². The van der Waals surface area contributed by atoms with Crippen molar-refractivity contribution in [3.63, 3.8) is 0 Å². The third-order valence-corrected chi connectivity index (χ3v) is 3.25. The van der Waals surface area contributed by atoms with Gasteiger partial charge in [0.25, 0.3) is 5.69 Å². The van der Waals surface area contributed by atoms with Crippen molar-refractivity contribution in [1.29, 1.82) is 0 Å². The van der Waals surface area contributed by atoms with E-state index in [-0.39, 0.29) is 11.7 Å². The van der Waals surface area contributed by atoms with Crippen molar-refractivity contribution in [2.75, 3.05) is 5.32 Å². The second kappa shape index (κ2) is 6.41. The molecule has 0 bridgehead atoms. The zero-order valence-corrected chi connectivity index (χ0v) is 12.0. The van der Waals surface area contributed by atoms with Gasteiger partial charge in [-0.2, -0.15) is 0 Å². The Bertz CT molecular complexity index is 494. The first-order chi connectivity index (χ1) is 8.49. The minimum absolute atomic E-state index is 0.0628. The first-order valence-corrected chi connectivity index (χ1v) is 6.46. The Hall–Kier alpha value is -1.54. The minimum atomic E-state index is -0.394. The van der Waals surface area contributed by atoms with E-state index in [1.165, 1.54) is 6.07 Å². The summed E-state index contributed by atoms with van der Waals surface area (Å²) in [5.74, 6) is 2.67. The van der Waals surface area contributed by atoms with Crippen LogP contribution in [0.1, 0.15) is 25.3 Å². The lowest BCUT2D eigenvalue weighted by Crippen LogP contribution is -2.17. The maximum Gasteiger partial charge on any atom is 0.273 e. The molecule has 96 valence electrons. The van der Waals surface area contributed by atoms with E-state index in [2.05, 4.69) is 34.1 Å². The summed E-state index contributed by atoms with van der Waals surface area (Å²) < 4.78 is 0.649. The molecular weight excluding hydrogens is 296 g/mol. The number of benzene rings is 1. The zero-order chi connectivity index (χ0) is 13.7. The van der Waals surface area contributed by atoms with Crippen LogP contribution < -0.4 is 5.32 Å². The number of terminal acetylenes is 1. The summed E-state index contributed by atoms with van der Waals surface area (Å²) in [6.45, 7) is 3.77. The summed E-state index contributed by atoms with van der Waals surface area (Å²) >= 11 is 3.32. The van der Waals surface area contributed by atoms with Crippen LogP contribution in [0, 0.1) is 29.4 Å². The molecule has 0 spiro atoms. The molecule has 1 atom stereocenters. The Balaban J connectivity index is 3.01. The van der Waals surface area contributed by atoms with Gasteiger partial charge in [-0.15, -0.1) is 6.42 Å². The molecule has 1 N–H and O–H groups in total. The highest BCUT2D eigenvalue weighted by molar-refractivity contribution is 9.10. The minimum Gasteiger partial charge on any atom is -0.371 e. The predicted octanol–water partition coefficient (Wildman–Crippen LogP) is 3.88. The van der Waals surface area contributed by atoms with Crippen LogP contribution in [-0.2, 0) is 0 Å². The summed E-state index contributed by atoms with van der Waals surface area (Å²) in [5, 5.41) is 14.0. The standard InChI is InChI=1S/C13H15BrN2O2/c1-4-6-10(5-2)15-12-7-9(3)13(16(17)18)8-11(12)14/h2,7-8,10,15H,4,6H2,1,3H3. The maximum atomic E-state index is 10.8. The molecule has 0 saturated carbocycles. The van der Waals surface area contributed by atoms with Gasteiger partial charge in [0.1, 0.15) is 0 Å². The first-order valence-electron chi connectivity index (χ1n) is 5.66. The van der Waals surface area contributed by atoms with E-state index in [4.69, 9.17) is 6.42 Å². The number of rotatable bonds is 5. The van der Waals surface area contributed by atoms with Crippen LogP contribution in [0.2, 0.25) is 0 Å². The van der Waals surface area contributed by atoms with E-state index in [1.54, 1.807) is 13.0 Å². The van der Waals surface area contributed by atoms with Crippen LogP contribution in [-0.4, -0.2) is 11.0 Å². The molecule has 0 amide bonds. The smallest absolute Gasteiger partial charge is 0.273 e.